The number of hydrogen-bond donors (Lipinski definition) is 3. The van der Waals surface area contributed by atoms with Gasteiger partial charge in [-0.1, -0.05) is 24.3 Å². The van der Waals surface area contributed by atoms with Crippen molar-refractivity contribution in [2.75, 3.05) is 5.32 Å². The first-order valence-corrected chi connectivity index (χ1v) is 7.54. The number of aromatic amines is 2. The highest BCUT2D eigenvalue weighted by atomic mass is 16.2. The molecule has 3 aromatic rings. The van der Waals surface area contributed by atoms with E-state index >= 15 is 0 Å². The number of anilines is 1. The van der Waals surface area contributed by atoms with Gasteiger partial charge in [-0.3, -0.25) is 19.4 Å². The summed E-state index contributed by atoms with van der Waals surface area (Å²) in [6.45, 7) is 0. The van der Waals surface area contributed by atoms with Crippen molar-refractivity contribution in [3.05, 3.63) is 91.3 Å². The van der Waals surface area contributed by atoms with E-state index in [4.69, 9.17) is 0 Å². The van der Waals surface area contributed by atoms with Crippen LogP contribution in [0.5, 0.6) is 0 Å². The molecule has 0 saturated heterocycles. The first kappa shape index (κ1) is 14.8. The Balaban J connectivity index is 2.00. The Hall–Kier alpha value is -3.74. The van der Waals surface area contributed by atoms with Crippen LogP contribution in [0.2, 0.25) is 0 Å². The summed E-state index contributed by atoms with van der Waals surface area (Å²) >= 11 is 0. The van der Waals surface area contributed by atoms with Gasteiger partial charge in [-0.05, 0) is 24.3 Å². The molecule has 7 heteroatoms. The molecule has 0 spiro atoms. The summed E-state index contributed by atoms with van der Waals surface area (Å²) in [6.07, 6.45) is 3.06. The minimum Gasteiger partial charge on any atom is -0.321 e. The number of hydrogen-bond acceptors (Lipinski definition) is 4. The van der Waals surface area contributed by atoms with Crippen molar-refractivity contribution in [2.45, 2.75) is 0 Å². The van der Waals surface area contributed by atoms with Gasteiger partial charge in [-0.25, -0.2) is 0 Å². The number of H-pyrrole nitrogens is 2. The lowest BCUT2D eigenvalue weighted by atomic mass is 10.1. The van der Waals surface area contributed by atoms with Crippen molar-refractivity contribution in [2.24, 2.45) is 0 Å². The summed E-state index contributed by atoms with van der Waals surface area (Å²) in [6, 6.07) is 12.2. The molecule has 0 radical (unpaired) electrons. The molecule has 4 rings (SSSR count). The number of aromatic nitrogens is 3. The highest BCUT2D eigenvalue weighted by Crippen LogP contribution is 2.28. The first-order chi connectivity index (χ1) is 12.1. The van der Waals surface area contributed by atoms with Crippen LogP contribution < -0.4 is 27.1 Å². The lowest BCUT2D eigenvalue weighted by molar-refractivity contribution is -0.110. The molecule has 7 nitrogen and oxygen atoms in total. The first-order valence-electron chi connectivity index (χ1n) is 7.54. The largest absolute Gasteiger partial charge is 0.321 e. The Morgan fingerprint density at radius 1 is 0.880 bits per heavy atom. The van der Waals surface area contributed by atoms with E-state index in [0.717, 1.165) is 0 Å². The molecule has 0 fully saturated rings. The third-order valence-electron chi connectivity index (χ3n) is 3.86. The fourth-order valence-corrected chi connectivity index (χ4v) is 2.73. The van der Waals surface area contributed by atoms with Crippen LogP contribution in [-0.2, 0) is 4.79 Å². The van der Waals surface area contributed by atoms with Crippen molar-refractivity contribution < 1.29 is 4.79 Å². The molecular weight excluding hydrogens is 320 g/mol. The monoisotopic (exact) mass is 332 g/mol. The van der Waals surface area contributed by atoms with Gasteiger partial charge in [0.2, 0.25) is 0 Å². The summed E-state index contributed by atoms with van der Waals surface area (Å²) in [5.41, 5.74) is 0.807. The molecule has 0 unspecified atom stereocenters. The van der Waals surface area contributed by atoms with Crippen molar-refractivity contribution in [1.82, 2.24) is 15.0 Å². The number of pyridine rings is 1. The second-order valence-corrected chi connectivity index (χ2v) is 5.47. The summed E-state index contributed by atoms with van der Waals surface area (Å²) in [4.78, 5) is 46.2. The van der Waals surface area contributed by atoms with E-state index < -0.39 is 17.0 Å². The van der Waals surface area contributed by atoms with Gasteiger partial charge >= 0.3 is 0 Å². The van der Waals surface area contributed by atoms with Crippen LogP contribution in [0, 0.1) is 0 Å². The topological polar surface area (TPSA) is 108 Å². The minimum absolute atomic E-state index is 0.0642. The van der Waals surface area contributed by atoms with Gasteiger partial charge in [0, 0.05) is 17.4 Å². The van der Waals surface area contributed by atoms with E-state index in [1.807, 2.05) is 0 Å². The predicted octanol–water partition coefficient (Wildman–Crippen LogP) is -0.562. The molecule has 3 N–H and O–H groups in total. The molecule has 2 aromatic heterocycles. The van der Waals surface area contributed by atoms with Gasteiger partial charge in [-0.2, -0.15) is 0 Å². The number of carbonyl (C=O) groups is 1. The average molecular weight is 332 g/mol. The Morgan fingerprint density at radius 2 is 1.68 bits per heavy atom. The zero-order valence-electron chi connectivity index (χ0n) is 12.9. The third kappa shape index (κ3) is 2.57. The smallest absolute Gasteiger partial charge is 0.273 e. The quantitative estimate of drug-likeness (QED) is 0.555. The summed E-state index contributed by atoms with van der Waals surface area (Å²) in [5, 5.41) is 2.68. The standard InChI is InChI=1S/C18H12N4O3/c23-16-13(9-10-5-3-4-8-19-10)21-18(25)15(22-16)14-11-6-1-2-7-12(11)20-17(14)24/h1-9H,(H,20,24)(H,21,25)(H,22,23)/b13-9+,15-14-. The molecule has 1 aliphatic heterocycles. The third-order valence-corrected chi connectivity index (χ3v) is 3.86. The van der Waals surface area contributed by atoms with Crippen LogP contribution in [0.15, 0.2) is 58.3 Å². The maximum absolute atomic E-state index is 12.5. The van der Waals surface area contributed by atoms with Crippen molar-refractivity contribution in [1.29, 1.82) is 0 Å². The Labute approximate surface area is 140 Å². The number of rotatable bonds is 1. The zero-order valence-corrected chi connectivity index (χ0v) is 12.9. The van der Waals surface area contributed by atoms with E-state index in [1.54, 1.807) is 48.7 Å². The Morgan fingerprint density at radius 3 is 2.48 bits per heavy atom. The Bertz CT molecular complexity index is 1220. The molecule has 0 bridgehead atoms. The highest BCUT2D eigenvalue weighted by Gasteiger charge is 2.25. The number of para-hydroxylation sites is 1. The van der Waals surface area contributed by atoms with Gasteiger partial charge in [-0.15, -0.1) is 0 Å². The van der Waals surface area contributed by atoms with Crippen molar-refractivity contribution in [3.8, 4) is 0 Å². The number of benzene rings is 1. The van der Waals surface area contributed by atoms with Crippen molar-refractivity contribution in [3.63, 3.8) is 0 Å². The zero-order chi connectivity index (χ0) is 17.4. The molecule has 0 aliphatic carbocycles. The maximum atomic E-state index is 12.5. The van der Waals surface area contributed by atoms with Crippen molar-refractivity contribution >= 4 is 23.2 Å². The second-order valence-electron chi connectivity index (χ2n) is 5.47. The normalized spacial score (nSPS) is 15.8. The minimum atomic E-state index is -0.552. The molecule has 0 saturated carbocycles. The number of nitrogens with one attached hydrogen (secondary N) is 3. The lowest BCUT2D eigenvalue weighted by Gasteiger charge is -1.97. The second kappa shape index (κ2) is 5.72. The SMILES string of the molecule is O=C1Nc2ccccc2/C1=c1/[nH]c(=O)/c(=C\c2ccccn2)[nH]c1=O. The number of amides is 1. The molecule has 3 heterocycles. The molecule has 25 heavy (non-hydrogen) atoms. The number of carbonyl (C=O) groups excluding carboxylic acids is 1. The van der Waals surface area contributed by atoms with Gasteiger partial charge in [0.1, 0.15) is 10.7 Å². The predicted molar refractivity (Wildman–Crippen MR) is 92.3 cm³/mol. The summed E-state index contributed by atoms with van der Waals surface area (Å²) in [7, 11) is 0. The van der Waals surface area contributed by atoms with Crippen LogP contribution in [0.4, 0.5) is 5.69 Å². The number of nitrogens with zero attached hydrogens (tertiary/aromatic N) is 1. The van der Waals surface area contributed by atoms with Crippen LogP contribution in [0.25, 0.3) is 11.6 Å². The lowest BCUT2D eigenvalue weighted by Crippen LogP contribution is -2.48. The number of fused-ring (bicyclic) bond motifs is 1. The van der Waals surface area contributed by atoms with Crippen LogP contribution in [-0.4, -0.2) is 20.9 Å². The van der Waals surface area contributed by atoms with E-state index in [0.29, 0.717) is 16.9 Å². The fraction of sp³-hybridized carbons (Fsp3) is 0. The molecular formula is C18H12N4O3. The van der Waals surface area contributed by atoms with Gasteiger partial charge in [0.15, 0.2) is 0 Å². The van der Waals surface area contributed by atoms with Crippen LogP contribution in [0.3, 0.4) is 0 Å². The van der Waals surface area contributed by atoms with E-state index in [2.05, 4.69) is 20.3 Å². The average Bonchev–Trinajstić information content (AvgIpc) is 2.94. The van der Waals surface area contributed by atoms with Crippen LogP contribution >= 0.6 is 0 Å². The summed E-state index contributed by atoms with van der Waals surface area (Å²) in [5.74, 6) is -0.427. The molecule has 1 aliphatic rings. The maximum Gasteiger partial charge on any atom is 0.273 e. The highest BCUT2D eigenvalue weighted by molar-refractivity contribution is 6.31. The van der Waals surface area contributed by atoms with Gasteiger partial charge in [0.25, 0.3) is 17.0 Å². The molecule has 122 valence electrons. The summed E-state index contributed by atoms with van der Waals surface area (Å²) < 4.78 is 0. The fourth-order valence-electron chi connectivity index (χ4n) is 2.73. The van der Waals surface area contributed by atoms with Crippen LogP contribution in [0.1, 0.15) is 11.3 Å². The van der Waals surface area contributed by atoms with E-state index in [9.17, 15) is 14.4 Å². The molecule has 1 aromatic carbocycles. The van der Waals surface area contributed by atoms with Gasteiger partial charge in [0.05, 0.1) is 11.3 Å². The molecule has 1 amide bonds. The van der Waals surface area contributed by atoms with Gasteiger partial charge < -0.3 is 15.3 Å². The van der Waals surface area contributed by atoms with E-state index in [-0.39, 0.29) is 16.3 Å². The molecule has 0 atom stereocenters. The Kier molecular flexibility index (Phi) is 3.39. The van der Waals surface area contributed by atoms with E-state index in [1.165, 1.54) is 6.08 Å².